The normalized spacial score (nSPS) is 16.1. The lowest BCUT2D eigenvalue weighted by Crippen LogP contribution is -2.24. The molecule has 0 amide bonds. The van der Waals surface area contributed by atoms with Crippen LogP contribution in [0, 0.1) is 11.3 Å². The minimum Gasteiger partial charge on any atom is -0.461 e. The Bertz CT molecular complexity index is 1070. The maximum absolute atomic E-state index is 12.1. The second-order valence-electron chi connectivity index (χ2n) is 7.11. The molecule has 1 aliphatic heterocycles. The molecule has 0 spiro atoms. The van der Waals surface area contributed by atoms with Gasteiger partial charge in [0.1, 0.15) is 23.3 Å². The molecule has 0 bridgehead atoms. The molecule has 0 aromatic carbocycles. The minimum absolute atomic E-state index is 0.114. The summed E-state index contributed by atoms with van der Waals surface area (Å²) in [5, 5.41) is 18.7. The standard InChI is InChI=1S/C21H22N8O2/c1-2-31-21(30)20-14(9-26-28-20)13-29-7-3-4-18(29)17-11-25-19(12-24-17)27-16-6-5-15(8-22)23-10-16/h5-6,9-12,18H,2-4,7,13H2,1H3,(H,25,27)(H,26,28)/t18-/m1/s1. The highest BCUT2D eigenvalue weighted by Crippen LogP contribution is 2.32. The maximum atomic E-state index is 12.1. The Morgan fingerprint density at radius 2 is 2.19 bits per heavy atom. The van der Waals surface area contributed by atoms with Crippen molar-refractivity contribution in [3.05, 3.63) is 59.6 Å². The van der Waals surface area contributed by atoms with E-state index in [2.05, 4.69) is 35.4 Å². The van der Waals surface area contributed by atoms with Gasteiger partial charge in [-0.15, -0.1) is 0 Å². The molecule has 1 aliphatic rings. The Kier molecular flexibility index (Phi) is 6.14. The molecule has 4 heterocycles. The number of nitrogens with zero attached hydrogens (tertiary/aromatic N) is 6. The van der Waals surface area contributed by atoms with Gasteiger partial charge in [-0.1, -0.05) is 0 Å². The lowest BCUT2D eigenvalue weighted by Gasteiger charge is -2.23. The fourth-order valence-corrected chi connectivity index (χ4v) is 3.64. The Morgan fingerprint density at radius 3 is 2.90 bits per heavy atom. The Morgan fingerprint density at radius 1 is 1.29 bits per heavy atom. The van der Waals surface area contributed by atoms with Gasteiger partial charge in [0.2, 0.25) is 0 Å². The molecule has 0 radical (unpaired) electrons. The predicted molar refractivity (Wildman–Crippen MR) is 111 cm³/mol. The van der Waals surface area contributed by atoms with Crippen LogP contribution >= 0.6 is 0 Å². The third-order valence-electron chi connectivity index (χ3n) is 5.10. The smallest absolute Gasteiger partial charge is 0.356 e. The quantitative estimate of drug-likeness (QED) is 0.556. The number of esters is 1. The van der Waals surface area contributed by atoms with Gasteiger partial charge in [0.25, 0.3) is 0 Å². The van der Waals surface area contributed by atoms with Crippen LogP contribution in [0.3, 0.4) is 0 Å². The second-order valence-corrected chi connectivity index (χ2v) is 7.11. The lowest BCUT2D eigenvalue weighted by atomic mass is 10.1. The minimum atomic E-state index is -0.391. The van der Waals surface area contributed by atoms with Gasteiger partial charge in [-0.25, -0.2) is 14.8 Å². The van der Waals surface area contributed by atoms with Crippen molar-refractivity contribution >= 4 is 17.5 Å². The first kappa shape index (κ1) is 20.4. The first-order valence-electron chi connectivity index (χ1n) is 10.1. The fraction of sp³-hybridized carbons (Fsp3) is 0.333. The van der Waals surface area contributed by atoms with E-state index in [-0.39, 0.29) is 6.04 Å². The van der Waals surface area contributed by atoms with Crippen LogP contribution in [0.15, 0.2) is 36.9 Å². The largest absolute Gasteiger partial charge is 0.461 e. The summed E-state index contributed by atoms with van der Waals surface area (Å²) in [5.74, 6) is 0.206. The van der Waals surface area contributed by atoms with Crippen molar-refractivity contribution in [2.24, 2.45) is 0 Å². The first-order chi connectivity index (χ1) is 15.2. The number of ether oxygens (including phenoxy) is 1. The van der Waals surface area contributed by atoms with Crippen molar-refractivity contribution in [3.8, 4) is 6.07 Å². The third kappa shape index (κ3) is 4.67. The Balaban J connectivity index is 1.43. The molecule has 10 nitrogen and oxygen atoms in total. The lowest BCUT2D eigenvalue weighted by molar-refractivity contribution is 0.0516. The summed E-state index contributed by atoms with van der Waals surface area (Å²) in [7, 11) is 0. The molecule has 31 heavy (non-hydrogen) atoms. The summed E-state index contributed by atoms with van der Waals surface area (Å²) in [6.45, 7) is 3.57. The number of aromatic nitrogens is 5. The number of nitriles is 1. The second kappa shape index (κ2) is 9.32. The predicted octanol–water partition coefficient (Wildman–Crippen LogP) is 2.72. The molecular weight excluding hydrogens is 396 g/mol. The molecule has 0 aliphatic carbocycles. The molecule has 10 heteroatoms. The molecule has 1 atom stereocenters. The van der Waals surface area contributed by atoms with Gasteiger partial charge in [-0.3, -0.25) is 15.0 Å². The highest BCUT2D eigenvalue weighted by Gasteiger charge is 2.29. The highest BCUT2D eigenvalue weighted by molar-refractivity contribution is 5.88. The van der Waals surface area contributed by atoms with Gasteiger partial charge in [-0.2, -0.15) is 10.4 Å². The number of nitrogens with one attached hydrogen (secondary N) is 2. The van der Waals surface area contributed by atoms with Crippen LogP contribution in [0.5, 0.6) is 0 Å². The van der Waals surface area contributed by atoms with E-state index in [1.165, 1.54) is 0 Å². The van der Waals surface area contributed by atoms with E-state index in [1.54, 1.807) is 43.8 Å². The molecule has 1 fully saturated rings. The zero-order valence-corrected chi connectivity index (χ0v) is 17.1. The van der Waals surface area contributed by atoms with Gasteiger partial charge in [0.05, 0.1) is 48.8 Å². The summed E-state index contributed by atoms with van der Waals surface area (Å²) >= 11 is 0. The van der Waals surface area contributed by atoms with Crippen LogP contribution in [0.25, 0.3) is 0 Å². The van der Waals surface area contributed by atoms with Crippen LogP contribution in [0.1, 0.15) is 53.2 Å². The van der Waals surface area contributed by atoms with Gasteiger partial charge < -0.3 is 10.1 Å². The molecule has 3 aromatic heterocycles. The molecule has 3 aromatic rings. The average Bonchev–Trinajstić information content (AvgIpc) is 3.45. The third-order valence-corrected chi connectivity index (χ3v) is 5.10. The number of carbonyl (C=O) groups excluding carboxylic acids is 1. The molecule has 0 saturated carbocycles. The number of hydrogen-bond donors (Lipinski definition) is 2. The van der Waals surface area contributed by atoms with E-state index >= 15 is 0 Å². The average molecular weight is 418 g/mol. The van der Waals surface area contributed by atoms with Crippen molar-refractivity contribution < 1.29 is 9.53 Å². The number of pyridine rings is 1. The Labute approximate surface area is 179 Å². The van der Waals surface area contributed by atoms with E-state index in [4.69, 9.17) is 10.00 Å². The molecular formula is C21H22N8O2. The van der Waals surface area contributed by atoms with Gasteiger partial charge in [0.15, 0.2) is 0 Å². The van der Waals surface area contributed by atoms with Crippen LogP contribution in [-0.2, 0) is 11.3 Å². The topological polar surface area (TPSA) is 133 Å². The zero-order valence-electron chi connectivity index (χ0n) is 17.1. The SMILES string of the molecule is CCOC(=O)c1[nH]ncc1CN1CCC[C@@H]1c1cnc(Nc2ccc(C#N)nc2)cn1. The molecule has 1 saturated heterocycles. The van der Waals surface area contributed by atoms with E-state index < -0.39 is 5.97 Å². The number of likely N-dealkylation sites (tertiary alicyclic amines) is 1. The molecule has 4 rings (SSSR count). The van der Waals surface area contributed by atoms with Crippen LogP contribution in [-0.4, -0.2) is 49.2 Å². The van der Waals surface area contributed by atoms with Gasteiger partial charge in [0, 0.05) is 12.1 Å². The molecule has 158 valence electrons. The van der Waals surface area contributed by atoms with Crippen LogP contribution < -0.4 is 5.32 Å². The fourth-order valence-electron chi connectivity index (χ4n) is 3.64. The zero-order chi connectivity index (χ0) is 21.6. The maximum Gasteiger partial charge on any atom is 0.356 e. The van der Waals surface area contributed by atoms with Gasteiger partial charge >= 0.3 is 5.97 Å². The summed E-state index contributed by atoms with van der Waals surface area (Å²) in [6.07, 6.45) is 8.71. The van der Waals surface area contributed by atoms with Crippen molar-refractivity contribution in [2.45, 2.75) is 32.4 Å². The number of rotatable bonds is 7. The van der Waals surface area contributed by atoms with Crippen molar-refractivity contribution in [1.82, 2.24) is 30.0 Å². The number of carbonyl (C=O) groups is 1. The summed E-state index contributed by atoms with van der Waals surface area (Å²) in [4.78, 5) is 27.5. The number of anilines is 2. The number of H-pyrrole nitrogens is 1. The van der Waals surface area contributed by atoms with E-state index in [9.17, 15) is 4.79 Å². The van der Waals surface area contributed by atoms with Crippen molar-refractivity contribution in [3.63, 3.8) is 0 Å². The van der Waals surface area contributed by atoms with Crippen molar-refractivity contribution in [2.75, 3.05) is 18.5 Å². The number of aromatic amines is 1. The van der Waals surface area contributed by atoms with Crippen LogP contribution in [0.2, 0.25) is 0 Å². The first-order valence-corrected chi connectivity index (χ1v) is 10.1. The van der Waals surface area contributed by atoms with Gasteiger partial charge in [-0.05, 0) is 38.4 Å². The Hall–Kier alpha value is -3.84. The molecule has 2 N–H and O–H groups in total. The van der Waals surface area contributed by atoms with E-state index in [1.807, 2.05) is 6.07 Å². The van der Waals surface area contributed by atoms with Crippen LogP contribution in [0.4, 0.5) is 11.5 Å². The van der Waals surface area contributed by atoms with E-state index in [0.29, 0.717) is 30.4 Å². The monoisotopic (exact) mass is 418 g/mol. The summed E-state index contributed by atoms with van der Waals surface area (Å²) in [5.41, 5.74) is 3.17. The van der Waals surface area contributed by atoms with Crippen molar-refractivity contribution in [1.29, 1.82) is 5.26 Å². The molecule has 0 unspecified atom stereocenters. The van der Waals surface area contributed by atoms with E-state index in [0.717, 1.165) is 36.3 Å². The number of hydrogen-bond acceptors (Lipinski definition) is 9. The summed E-state index contributed by atoms with van der Waals surface area (Å²) < 4.78 is 5.10. The summed E-state index contributed by atoms with van der Waals surface area (Å²) in [6, 6.07) is 5.51. The highest BCUT2D eigenvalue weighted by atomic mass is 16.5.